The lowest BCUT2D eigenvalue weighted by molar-refractivity contribution is -0.179. The van der Waals surface area contributed by atoms with Crippen molar-refractivity contribution in [1.82, 2.24) is 14.1 Å². The number of ether oxygens (including phenoxy) is 2. The van der Waals surface area contributed by atoms with E-state index in [-0.39, 0.29) is 4.90 Å². The molecule has 0 amide bonds. The number of piperidine rings is 1. The number of para-hydroxylation sites is 1. The van der Waals surface area contributed by atoms with Gasteiger partial charge < -0.3 is 9.47 Å². The molecular weight excluding hydrogens is 402 g/mol. The van der Waals surface area contributed by atoms with Crippen LogP contribution >= 0.6 is 0 Å². The molecule has 0 unspecified atom stereocenters. The molecule has 7 nitrogen and oxygen atoms in total. The first kappa shape index (κ1) is 19.4. The van der Waals surface area contributed by atoms with E-state index in [1.165, 1.54) is 4.31 Å². The Morgan fingerprint density at radius 3 is 2.10 bits per heavy atom. The Bertz CT molecular complexity index is 1110. The Balaban J connectivity index is 1.53. The van der Waals surface area contributed by atoms with Crippen molar-refractivity contribution in [3.63, 3.8) is 0 Å². The van der Waals surface area contributed by atoms with Crippen LogP contribution in [0.15, 0.2) is 71.8 Å². The number of nitrogens with zero attached hydrogens (tertiary/aromatic N) is 3. The molecule has 3 aromatic rings. The second-order valence-electron chi connectivity index (χ2n) is 7.50. The van der Waals surface area contributed by atoms with Gasteiger partial charge >= 0.3 is 0 Å². The lowest BCUT2D eigenvalue weighted by Gasteiger charge is -2.36. The molecule has 0 N–H and O–H groups in total. The summed E-state index contributed by atoms with van der Waals surface area (Å²) >= 11 is 0. The minimum Gasteiger partial charge on any atom is -0.347 e. The highest BCUT2D eigenvalue weighted by atomic mass is 32.2. The smallest absolute Gasteiger partial charge is 0.246 e. The van der Waals surface area contributed by atoms with Crippen molar-refractivity contribution in [3.05, 3.63) is 66.9 Å². The molecule has 3 heterocycles. The zero-order valence-corrected chi connectivity index (χ0v) is 17.3. The van der Waals surface area contributed by atoms with Crippen molar-refractivity contribution in [2.24, 2.45) is 0 Å². The molecule has 2 aliphatic heterocycles. The molecular formula is C22H23N3O4S. The molecule has 1 spiro atoms. The summed E-state index contributed by atoms with van der Waals surface area (Å²) in [5.74, 6) is -0.623. The number of rotatable bonds is 4. The van der Waals surface area contributed by atoms with Gasteiger partial charge in [0.1, 0.15) is 10.6 Å². The Morgan fingerprint density at radius 1 is 0.867 bits per heavy atom. The lowest BCUT2D eigenvalue weighted by Crippen LogP contribution is -2.47. The van der Waals surface area contributed by atoms with Crippen molar-refractivity contribution in [2.45, 2.75) is 23.5 Å². The van der Waals surface area contributed by atoms with Crippen molar-refractivity contribution < 1.29 is 17.9 Å². The van der Waals surface area contributed by atoms with E-state index in [4.69, 9.17) is 9.47 Å². The summed E-state index contributed by atoms with van der Waals surface area (Å²) in [6, 6.07) is 18.9. The van der Waals surface area contributed by atoms with Crippen molar-refractivity contribution in [3.8, 4) is 16.9 Å². The summed E-state index contributed by atoms with van der Waals surface area (Å²) in [6.07, 6.45) is 2.67. The first-order chi connectivity index (χ1) is 14.6. The number of aromatic nitrogens is 2. The molecule has 30 heavy (non-hydrogen) atoms. The van der Waals surface area contributed by atoms with Crippen LogP contribution in [0.5, 0.6) is 0 Å². The molecule has 156 valence electrons. The minimum absolute atomic E-state index is 0.210. The van der Waals surface area contributed by atoms with Gasteiger partial charge in [-0.1, -0.05) is 48.5 Å². The third kappa shape index (κ3) is 3.45. The zero-order valence-electron chi connectivity index (χ0n) is 16.5. The summed E-state index contributed by atoms with van der Waals surface area (Å²) in [7, 11) is -3.74. The molecule has 0 saturated carbocycles. The summed E-state index contributed by atoms with van der Waals surface area (Å²) < 4.78 is 41.9. The molecule has 0 aliphatic carbocycles. The van der Waals surface area contributed by atoms with Crippen LogP contribution in [0.4, 0.5) is 0 Å². The summed E-state index contributed by atoms with van der Waals surface area (Å²) in [4.78, 5) is 0.210. The maximum Gasteiger partial charge on any atom is 0.246 e. The third-order valence-electron chi connectivity index (χ3n) is 5.66. The summed E-state index contributed by atoms with van der Waals surface area (Å²) in [6.45, 7) is 1.84. The van der Waals surface area contributed by atoms with Crippen LogP contribution in [0.3, 0.4) is 0 Å². The molecule has 2 saturated heterocycles. The van der Waals surface area contributed by atoms with Crippen LogP contribution in [0, 0.1) is 0 Å². The van der Waals surface area contributed by atoms with E-state index in [0.29, 0.717) is 44.8 Å². The van der Waals surface area contributed by atoms with E-state index in [9.17, 15) is 8.42 Å². The second kappa shape index (κ2) is 7.63. The minimum atomic E-state index is -3.74. The Kier molecular flexibility index (Phi) is 4.94. The average molecular weight is 426 g/mol. The highest BCUT2D eigenvalue weighted by Crippen LogP contribution is 2.35. The van der Waals surface area contributed by atoms with Gasteiger partial charge in [0.2, 0.25) is 10.0 Å². The molecule has 5 rings (SSSR count). The zero-order chi connectivity index (χ0) is 20.6. The van der Waals surface area contributed by atoms with Gasteiger partial charge in [-0.15, -0.1) is 0 Å². The molecule has 1 aromatic heterocycles. The van der Waals surface area contributed by atoms with Gasteiger partial charge in [-0.25, -0.2) is 13.1 Å². The average Bonchev–Trinajstić information content (AvgIpc) is 3.44. The molecule has 0 radical (unpaired) electrons. The Hall–Kier alpha value is -2.52. The first-order valence-corrected chi connectivity index (χ1v) is 11.5. The van der Waals surface area contributed by atoms with E-state index in [1.54, 1.807) is 10.9 Å². The van der Waals surface area contributed by atoms with Gasteiger partial charge in [0.15, 0.2) is 5.79 Å². The topological polar surface area (TPSA) is 73.7 Å². The van der Waals surface area contributed by atoms with Crippen LogP contribution < -0.4 is 0 Å². The van der Waals surface area contributed by atoms with Gasteiger partial charge in [0.25, 0.3) is 0 Å². The van der Waals surface area contributed by atoms with E-state index in [0.717, 1.165) is 11.3 Å². The summed E-state index contributed by atoms with van der Waals surface area (Å²) in [5, 5.41) is 4.64. The molecule has 2 aliphatic rings. The van der Waals surface area contributed by atoms with Crippen molar-refractivity contribution in [2.75, 3.05) is 26.3 Å². The van der Waals surface area contributed by atoms with Crippen LogP contribution in [0.25, 0.3) is 16.9 Å². The standard InChI is InChI=1S/C22H23N3O4S/c26-30(27,24-13-11-22(12-14-24)28-15-16-29-22)20-17-25(19-9-5-2-6-10-19)23-21(20)18-7-3-1-4-8-18/h1-10,17H,11-16H2. The van der Waals surface area contributed by atoms with Gasteiger partial charge in [0, 0.05) is 31.5 Å². The van der Waals surface area contributed by atoms with E-state index in [1.807, 2.05) is 60.7 Å². The maximum absolute atomic E-state index is 13.6. The number of hydrogen-bond donors (Lipinski definition) is 0. The van der Waals surface area contributed by atoms with E-state index >= 15 is 0 Å². The number of benzene rings is 2. The van der Waals surface area contributed by atoms with Crippen LogP contribution in [0.1, 0.15) is 12.8 Å². The van der Waals surface area contributed by atoms with Crippen molar-refractivity contribution in [1.29, 1.82) is 0 Å². The highest BCUT2D eigenvalue weighted by molar-refractivity contribution is 7.89. The first-order valence-electron chi connectivity index (χ1n) is 10.1. The molecule has 2 aromatic carbocycles. The van der Waals surface area contributed by atoms with Gasteiger partial charge in [-0.05, 0) is 12.1 Å². The predicted molar refractivity (Wildman–Crippen MR) is 112 cm³/mol. The van der Waals surface area contributed by atoms with Crippen LogP contribution in [-0.4, -0.2) is 54.6 Å². The SMILES string of the molecule is O=S(=O)(c1cn(-c2ccccc2)nc1-c1ccccc1)N1CCC2(CC1)OCCO2. The third-order valence-corrected chi connectivity index (χ3v) is 7.56. The Labute approximate surface area is 175 Å². The molecule has 8 heteroatoms. The largest absolute Gasteiger partial charge is 0.347 e. The van der Waals surface area contributed by atoms with Crippen molar-refractivity contribution >= 4 is 10.0 Å². The monoisotopic (exact) mass is 425 g/mol. The van der Waals surface area contributed by atoms with Crippen LogP contribution in [-0.2, 0) is 19.5 Å². The van der Waals surface area contributed by atoms with Gasteiger partial charge in [-0.2, -0.15) is 9.40 Å². The van der Waals surface area contributed by atoms with Gasteiger partial charge in [0.05, 0.1) is 25.1 Å². The second-order valence-corrected chi connectivity index (χ2v) is 9.41. The fourth-order valence-corrected chi connectivity index (χ4v) is 5.63. The maximum atomic E-state index is 13.6. The van der Waals surface area contributed by atoms with E-state index in [2.05, 4.69) is 5.10 Å². The number of hydrogen-bond acceptors (Lipinski definition) is 5. The molecule has 0 atom stereocenters. The predicted octanol–water partition coefficient (Wildman–Crippen LogP) is 3.07. The Morgan fingerprint density at radius 2 is 1.47 bits per heavy atom. The summed E-state index contributed by atoms with van der Waals surface area (Å²) in [5.41, 5.74) is 2.02. The molecule has 0 bridgehead atoms. The van der Waals surface area contributed by atoms with Crippen LogP contribution in [0.2, 0.25) is 0 Å². The number of sulfonamides is 1. The lowest BCUT2D eigenvalue weighted by atomic mass is 10.1. The normalized spacial score (nSPS) is 19.3. The van der Waals surface area contributed by atoms with E-state index < -0.39 is 15.8 Å². The molecule has 2 fully saturated rings. The fourth-order valence-electron chi connectivity index (χ4n) is 4.05. The van der Waals surface area contributed by atoms with Gasteiger partial charge in [-0.3, -0.25) is 0 Å². The quantitative estimate of drug-likeness (QED) is 0.642. The fraction of sp³-hybridized carbons (Fsp3) is 0.318. The highest BCUT2D eigenvalue weighted by Gasteiger charge is 2.43.